The molecule has 3 rings (SSSR count). The van der Waals surface area contributed by atoms with Crippen LogP contribution in [-0.2, 0) is 0 Å². The van der Waals surface area contributed by atoms with Crippen LogP contribution in [0, 0.1) is 17.8 Å². The third-order valence-corrected chi connectivity index (χ3v) is 5.91. The number of fused-ring (bicyclic) bond motifs is 7. The minimum absolute atomic E-state index is 0.758. The molecule has 0 aliphatic carbocycles. The fourth-order valence-corrected chi connectivity index (χ4v) is 4.22. The number of hydrogen-bond acceptors (Lipinski definition) is 2. The standard InChI is InChI=1S/C17H34N2/c1-5-14-10-18-17-9-8-16(7-3)19(11-14)12-15(6-2)13(17)4/h13-18H,5-12H2,1-4H3. The van der Waals surface area contributed by atoms with Gasteiger partial charge in [0.25, 0.3) is 0 Å². The summed E-state index contributed by atoms with van der Waals surface area (Å²) in [7, 11) is 0. The van der Waals surface area contributed by atoms with Gasteiger partial charge in [-0.05, 0) is 43.6 Å². The van der Waals surface area contributed by atoms with Crippen LogP contribution in [0.5, 0.6) is 0 Å². The summed E-state index contributed by atoms with van der Waals surface area (Å²) >= 11 is 0. The lowest BCUT2D eigenvalue weighted by molar-refractivity contribution is 0.0936. The molecule has 0 aromatic carbocycles. The largest absolute Gasteiger partial charge is 0.313 e. The lowest BCUT2D eigenvalue weighted by Crippen LogP contribution is -2.46. The SMILES string of the molecule is CCC1CNC2CCC(CC)N(C1)CC(CC)C2C. The maximum Gasteiger partial charge on any atom is 0.00965 e. The Bertz CT molecular complexity index is 264. The molecule has 0 aromatic heterocycles. The van der Waals surface area contributed by atoms with Gasteiger partial charge in [0.2, 0.25) is 0 Å². The first-order valence-electron chi connectivity index (χ1n) is 8.66. The first-order valence-corrected chi connectivity index (χ1v) is 8.66. The summed E-state index contributed by atoms with van der Waals surface area (Å²) in [6, 6.07) is 1.59. The van der Waals surface area contributed by atoms with E-state index in [1.807, 2.05) is 0 Å². The Kier molecular flexibility index (Phi) is 5.70. The molecule has 2 heteroatoms. The topological polar surface area (TPSA) is 15.3 Å². The van der Waals surface area contributed by atoms with Crippen LogP contribution in [0.3, 0.4) is 0 Å². The Balaban J connectivity index is 2.22. The molecule has 2 nitrogen and oxygen atoms in total. The van der Waals surface area contributed by atoms with E-state index in [0.717, 1.165) is 29.8 Å². The minimum atomic E-state index is 0.758. The maximum absolute atomic E-state index is 3.92. The number of hydrogen-bond donors (Lipinski definition) is 1. The second kappa shape index (κ2) is 7.08. The zero-order chi connectivity index (χ0) is 13.8. The quantitative estimate of drug-likeness (QED) is 0.841. The summed E-state index contributed by atoms with van der Waals surface area (Å²) in [6.07, 6.45) is 6.75. The molecule has 0 amide bonds. The molecule has 19 heavy (non-hydrogen) atoms. The summed E-state index contributed by atoms with van der Waals surface area (Å²) in [4.78, 5) is 2.85. The zero-order valence-electron chi connectivity index (χ0n) is 13.5. The fourth-order valence-electron chi connectivity index (χ4n) is 4.22. The Morgan fingerprint density at radius 1 is 1.00 bits per heavy atom. The van der Waals surface area contributed by atoms with Gasteiger partial charge in [-0.3, -0.25) is 4.90 Å². The molecule has 0 aromatic rings. The van der Waals surface area contributed by atoms with E-state index in [0.29, 0.717) is 0 Å². The van der Waals surface area contributed by atoms with Crippen LogP contribution in [0.25, 0.3) is 0 Å². The van der Waals surface area contributed by atoms with Crippen molar-refractivity contribution in [1.82, 2.24) is 10.2 Å². The van der Waals surface area contributed by atoms with Gasteiger partial charge in [-0.1, -0.05) is 40.5 Å². The predicted octanol–water partition coefficient (Wildman–Crippen LogP) is 3.52. The summed E-state index contributed by atoms with van der Waals surface area (Å²) in [5.74, 6) is 2.56. The molecule has 6 unspecified atom stereocenters. The highest BCUT2D eigenvalue weighted by Gasteiger charge is 2.34. The molecule has 3 saturated heterocycles. The van der Waals surface area contributed by atoms with E-state index in [4.69, 9.17) is 0 Å². The summed E-state index contributed by atoms with van der Waals surface area (Å²) in [6.45, 7) is 13.5. The zero-order valence-corrected chi connectivity index (χ0v) is 13.5. The molecule has 2 bridgehead atoms. The molecule has 6 atom stereocenters. The van der Waals surface area contributed by atoms with Gasteiger partial charge in [0.15, 0.2) is 0 Å². The average molecular weight is 266 g/mol. The Labute approximate surface area is 120 Å². The Hall–Kier alpha value is -0.0800. The number of rotatable bonds is 3. The van der Waals surface area contributed by atoms with Crippen molar-refractivity contribution in [2.75, 3.05) is 19.6 Å². The van der Waals surface area contributed by atoms with Gasteiger partial charge in [0, 0.05) is 25.2 Å². The van der Waals surface area contributed by atoms with Gasteiger partial charge < -0.3 is 5.32 Å². The molecule has 3 aliphatic heterocycles. The fraction of sp³-hybridized carbons (Fsp3) is 1.00. The average Bonchev–Trinajstić information content (AvgIpc) is 2.55. The second-order valence-corrected chi connectivity index (χ2v) is 6.91. The van der Waals surface area contributed by atoms with Crippen molar-refractivity contribution in [2.24, 2.45) is 17.8 Å². The van der Waals surface area contributed by atoms with E-state index >= 15 is 0 Å². The molecule has 3 fully saturated rings. The normalized spacial score (nSPS) is 44.2. The van der Waals surface area contributed by atoms with Crippen LogP contribution < -0.4 is 5.32 Å². The summed E-state index contributed by atoms with van der Waals surface area (Å²) in [5.41, 5.74) is 0. The monoisotopic (exact) mass is 266 g/mol. The van der Waals surface area contributed by atoms with E-state index in [-0.39, 0.29) is 0 Å². The molecule has 1 N–H and O–H groups in total. The van der Waals surface area contributed by atoms with Crippen molar-refractivity contribution >= 4 is 0 Å². The highest BCUT2D eigenvalue weighted by molar-refractivity contribution is 4.90. The molecule has 3 aliphatic rings. The van der Waals surface area contributed by atoms with Crippen LogP contribution >= 0.6 is 0 Å². The predicted molar refractivity (Wildman–Crippen MR) is 83.4 cm³/mol. The molecule has 0 radical (unpaired) electrons. The van der Waals surface area contributed by atoms with Gasteiger partial charge in [-0.2, -0.15) is 0 Å². The summed E-state index contributed by atoms with van der Waals surface area (Å²) < 4.78 is 0. The van der Waals surface area contributed by atoms with Gasteiger partial charge in [-0.15, -0.1) is 0 Å². The van der Waals surface area contributed by atoms with Crippen molar-refractivity contribution in [2.45, 2.75) is 71.9 Å². The van der Waals surface area contributed by atoms with Crippen LogP contribution in [0.15, 0.2) is 0 Å². The van der Waals surface area contributed by atoms with Crippen LogP contribution in [0.1, 0.15) is 59.8 Å². The molecule has 0 saturated carbocycles. The first kappa shape index (κ1) is 15.3. The smallest absolute Gasteiger partial charge is 0.00965 e. The highest BCUT2D eigenvalue weighted by Crippen LogP contribution is 2.31. The Morgan fingerprint density at radius 2 is 1.79 bits per heavy atom. The second-order valence-electron chi connectivity index (χ2n) is 6.91. The molecular weight excluding hydrogens is 232 g/mol. The van der Waals surface area contributed by atoms with Gasteiger partial charge >= 0.3 is 0 Å². The third kappa shape index (κ3) is 3.52. The van der Waals surface area contributed by atoms with Crippen molar-refractivity contribution in [3.05, 3.63) is 0 Å². The van der Waals surface area contributed by atoms with Gasteiger partial charge in [0.1, 0.15) is 0 Å². The summed E-state index contributed by atoms with van der Waals surface area (Å²) in [5, 5.41) is 3.92. The van der Waals surface area contributed by atoms with E-state index in [2.05, 4.69) is 37.9 Å². The third-order valence-electron chi connectivity index (χ3n) is 5.91. The van der Waals surface area contributed by atoms with E-state index < -0.39 is 0 Å². The van der Waals surface area contributed by atoms with E-state index in [1.54, 1.807) is 0 Å². The Morgan fingerprint density at radius 3 is 2.42 bits per heavy atom. The van der Waals surface area contributed by atoms with Crippen molar-refractivity contribution in [3.63, 3.8) is 0 Å². The van der Waals surface area contributed by atoms with Crippen LogP contribution in [-0.4, -0.2) is 36.6 Å². The number of nitrogens with one attached hydrogen (secondary N) is 1. The molecule has 0 spiro atoms. The molecule has 3 heterocycles. The number of nitrogens with zero attached hydrogens (tertiary/aromatic N) is 1. The van der Waals surface area contributed by atoms with Gasteiger partial charge in [0.05, 0.1) is 0 Å². The molecular formula is C17H34N2. The highest BCUT2D eigenvalue weighted by atomic mass is 15.2. The van der Waals surface area contributed by atoms with Crippen molar-refractivity contribution in [3.8, 4) is 0 Å². The van der Waals surface area contributed by atoms with Crippen LogP contribution in [0.4, 0.5) is 0 Å². The molecule has 112 valence electrons. The maximum atomic E-state index is 3.92. The van der Waals surface area contributed by atoms with Crippen LogP contribution in [0.2, 0.25) is 0 Å². The lowest BCUT2D eigenvalue weighted by atomic mass is 9.80. The van der Waals surface area contributed by atoms with E-state index in [1.165, 1.54) is 51.7 Å². The van der Waals surface area contributed by atoms with Crippen molar-refractivity contribution < 1.29 is 0 Å². The van der Waals surface area contributed by atoms with Crippen molar-refractivity contribution in [1.29, 1.82) is 0 Å². The lowest BCUT2D eigenvalue weighted by Gasteiger charge is -2.40. The van der Waals surface area contributed by atoms with E-state index in [9.17, 15) is 0 Å². The first-order chi connectivity index (χ1) is 9.19. The minimum Gasteiger partial charge on any atom is -0.313 e. The van der Waals surface area contributed by atoms with Gasteiger partial charge in [-0.25, -0.2) is 0 Å².